The summed E-state index contributed by atoms with van der Waals surface area (Å²) in [4.78, 5) is 15.7. The highest BCUT2D eigenvalue weighted by molar-refractivity contribution is 9.10. The number of nitrogens with zero attached hydrogens (tertiary/aromatic N) is 1. The van der Waals surface area contributed by atoms with E-state index in [1.54, 1.807) is 12.1 Å². The molecule has 110 valence electrons. The number of carbonyl (C=O) groups excluding carboxylic acids is 1. The van der Waals surface area contributed by atoms with Crippen LogP contribution in [0.15, 0.2) is 47.2 Å². The molecule has 0 radical (unpaired) electrons. The van der Waals surface area contributed by atoms with Gasteiger partial charge in [0, 0.05) is 0 Å². The molecular formula is C14H10BrF3N2O. The Balaban J connectivity index is 1.98. The van der Waals surface area contributed by atoms with Crippen molar-refractivity contribution in [2.75, 3.05) is 5.32 Å². The number of carbonyl (C=O) groups is 1. The van der Waals surface area contributed by atoms with E-state index in [2.05, 4.69) is 26.2 Å². The maximum Gasteiger partial charge on any atom is 0.416 e. The summed E-state index contributed by atoms with van der Waals surface area (Å²) in [6.07, 6.45) is -2.90. The van der Waals surface area contributed by atoms with Crippen LogP contribution in [0.1, 0.15) is 11.1 Å². The van der Waals surface area contributed by atoms with Crippen LogP contribution in [-0.2, 0) is 17.4 Å². The minimum atomic E-state index is -4.37. The summed E-state index contributed by atoms with van der Waals surface area (Å²) < 4.78 is 37.9. The van der Waals surface area contributed by atoms with Crippen molar-refractivity contribution in [3.63, 3.8) is 0 Å². The fraction of sp³-hybridized carbons (Fsp3) is 0.143. The van der Waals surface area contributed by atoms with E-state index in [0.717, 1.165) is 12.1 Å². The van der Waals surface area contributed by atoms with E-state index in [9.17, 15) is 18.0 Å². The Morgan fingerprint density at radius 3 is 2.33 bits per heavy atom. The predicted octanol–water partition coefficient (Wildman–Crippen LogP) is 4.04. The molecule has 1 aromatic heterocycles. The number of hydrogen-bond donors (Lipinski definition) is 1. The lowest BCUT2D eigenvalue weighted by molar-refractivity contribution is -0.137. The lowest BCUT2D eigenvalue weighted by atomic mass is 10.1. The minimum absolute atomic E-state index is 0.00575. The van der Waals surface area contributed by atoms with Crippen molar-refractivity contribution in [2.45, 2.75) is 12.6 Å². The third kappa shape index (κ3) is 4.56. The van der Waals surface area contributed by atoms with E-state index in [0.29, 0.717) is 15.9 Å². The number of amides is 1. The molecule has 0 aliphatic carbocycles. The van der Waals surface area contributed by atoms with Crippen molar-refractivity contribution in [3.8, 4) is 0 Å². The molecule has 1 aromatic carbocycles. The molecule has 0 atom stereocenters. The van der Waals surface area contributed by atoms with Crippen LogP contribution in [-0.4, -0.2) is 10.9 Å². The molecule has 0 aliphatic rings. The van der Waals surface area contributed by atoms with E-state index in [1.807, 2.05) is 0 Å². The summed E-state index contributed by atoms with van der Waals surface area (Å²) >= 11 is 3.17. The lowest BCUT2D eigenvalue weighted by Gasteiger charge is -2.08. The number of hydrogen-bond acceptors (Lipinski definition) is 2. The number of aromatic nitrogens is 1. The molecule has 0 saturated heterocycles. The van der Waals surface area contributed by atoms with Crippen molar-refractivity contribution >= 4 is 27.5 Å². The SMILES string of the molecule is O=C(Cc1ccc(C(F)(F)F)cc1)Nc1ccc(Br)nc1. The van der Waals surface area contributed by atoms with Gasteiger partial charge in [-0.1, -0.05) is 12.1 Å². The zero-order chi connectivity index (χ0) is 15.5. The van der Waals surface area contributed by atoms with E-state index >= 15 is 0 Å². The van der Waals surface area contributed by atoms with Gasteiger partial charge in [-0.25, -0.2) is 4.98 Å². The first-order valence-electron chi connectivity index (χ1n) is 5.92. The number of nitrogens with one attached hydrogen (secondary N) is 1. The molecule has 0 fully saturated rings. The van der Waals surface area contributed by atoms with Crippen LogP contribution in [0.3, 0.4) is 0 Å². The molecule has 0 unspecified atom stereocenters. The van der Waals surface area contributed by atoms with Gasteiger partial charge in [-0.05, 0) is 45.8 Å². The normalized spacial score (nSPS) is 11.2. The van der Waals surface area contributed by atoms with E-state index < -0.39 is 11.7 Å². The van der Waals surface area contributed by atoms with E-state index in [-0.39, 0.29) is 12.3 Å². The van der Waals surface area contributed by atoms with Crippen molar-refractivity contribution in [1.29, 1.82) is 0 Å². The molecule has 7 heteroatoms. The molecule has 0 bridgehead atoms. The first-order valence-corrected chi connectivity index (χ1v) is 6.71. The lowest BCUT2D eigenvalue weighted by Crippen LogP contribution is -2.14. The molecule has 1 N–H and O–H groups in total. The third-order valence-electron chi connectivity index (χ3n) is 2.66. The van der Waals surface area contributed by atoms with Gasteiger partial charge in [-0.3, -0.25) is 4.79 Å². The largest absolute Gasteiger partial charge is 0.416 e. The second kappa shape index (κ2) is 6.26. The number of pyridine rings is 1. The van der Waals surface area contributed by atoms with Crippen LogP contribution >= 0.6 is 15.9 Å². The summed E-state index contributed by atoms with van der Waals surface area (Å²) in [5.41, 5.74) is 0.296. The van der Waals surface area contributed by atoms with Gasteiger partial charge in [0.25, 0.3) is 0 Å². The van der Waals surface area contributed by atoms with Crippen LogP contribution in [0.25, 0.3) is 0 Å². The zero-order valence-corrected chi connectivity index (χ0v) is 12.2. The molecule has 1 heterocycles. The predicted molar refractivity (Wildman–Crippen MR) is 75.7 cm³/mol. The second-order valence-corrected chi connectivity index (χ2v) is 5.10. The number of rotatable bonds is 3. The number of anilines is 1. The van der Waals surface area contributed by atoms with Crippen LogP contribution in [0.4, 0.5) is 18.9 Å². The highest BCUT2D eigenvalue weighted by Crippen LogP contribution is 2.29. The van der Waals surface area contributed by atoms with Gasteiger partial charge < -0.3 is 5.32 Å². The Morgan fingerprint density at radius 1 is 1.14 bits per heavy atom. The highest BCUT2D eigenvalue weighted by Gasteiger charge is 2.29. The van der Waals surface area contributed by atoms with Crippen molar-refractivity contribution in [1.82, 2.24) is 4.98 Å². The van der Waals surface area contributed by atoms with Crippen molar-refractivity contribution < 1.29 is 18.0 Å². The summed E-state index contributed by atoms with van der Waals surface area (Å²) in [5.74, 6) is -0.320. The van der Waals surface area contributed by atoms with Crippen molar-refractivity contribution in [3.05, 3.63) is 58.3 Å². The first kappa shape index (κ1) is 15.5. The van der Waals surface area contributed by atoms with Gasteiger partial charge >= 0.3 is 6.18 Å². The Morgan fingerprint density at radius 2 is 1.81 bits per heavy atom. The van der Waals surface area contributed by atoms with E-state index in [4.69, 9.17) is 0 Å². The topological polar surface area (TPSA) is 42.0 Å². The molecule has 0 aliphatic heterocycles. The fourth-order valence-electron chi connectivity index (χ4n) is 1.65. The zero-order valence-electron chi connectivity index (χ0n) is 10.6. The Hall–Kier alpha value is -1.89. The van der Waals surface area contributed by atoms with Gasteiger partial charge in [0.05, 0.1) is 23.9 Å². The molecular weight excluding hydrogens is 349 g/mol. The summed E-state index contributed by atoms with van der Waals surface area (Å²) in [7, 11) is 0. The molecule has 2 aromatic rings. The van der Waals surface area contributed by atoms with Gasteiger partial charge in [0.15, 0.2) is 0 Å². The van der Waals surface area contributed by atoms with Crippen LogP contribution in [0.2, 0.25) is 0 Å². The summed E-state index contributed by atoms with van der Waals surface area (Å²) in [6, 6.07) is 7.85. The molecule has 2 rings (SSSR count). The van der Waals surface area contributed by atoms with Gasteiger partial charge in [0.2, 0.25) is 5.91 Å². The molecule has 0 saturated carbocycles. The molecule has 1 amide bonds. The smallest absolute Gasteiger partial charge is 0.324 e. The quantitative estimate of drug-likeness (QED) is 0.841. The first-order chi connectivity index (χ1) is 9.84. The maximum atomic E-state index is 12.4. The van der Waals surface area contributed by atoms with Crippen LogP contribution in [0, 0.1) is 0 Å². The molecule has 3 nitrogen and oxygen atoms in total. The van der Waals surface area contributed by atoms with Crippen LogP contribution < -0.4 is 5.32 Å². The molecule has 0 spiro atoms. The fourth-order valence-corrected chi connectivity index (χ4v) is 1.89. The Kier molecular flexibility index (Phi) is 4.62. The van der Waals surface area contributed by atoms with Crippen LogP contribution in [0.5, 0.6) is 0 Å². The van der Waals surface area contributed by atoms with Gasteiger partial charge in [-0.2, -0.15) is 13.2 Å². The highest BCUT2D eigenvalue weighted by atomic mass is 79.9. The summed E-state index contributed by atoms with van der Waals surface area (Å²) in [6.45, 7) is 0. The standard InChI is InChI=1S/C14H10BrF3N2O/c15-12-6-5-11(8-19-12)20-13(21)7-9-1-3-10(4-2-9)14(16,17)18/h1-6,8H,7H2,(H,20,21). The molecule has 21 heavy (non-hydrogen) atoms. The van der Waals surface area contributed by atoms with Gasteiger partial charge in [0.1, 0.15) is 4.60 Å². The maximum absolute atomic E-state index is 12.4. The van der Waals surface area contributed by atoms with Crippen molar-refractivity contribution in [2.24, 2.45) is 0 Å². The monoisotopic (exact) mass is 358 g/mol. The number of halogens is 4. The average molecular weight is 359 g/mol. The number of alkyl halides is 3. The Labute approximate surface area is 127 Å². The third-order valence-corrected chi connectivity index (χ3v) is 3.13. The second-order valence-electron chi connectivity index (χ2n) is 4.29. The van der Waals surface area contributed by atoms with E-state index in [1.165, 1.54) is 18.3 Å². The average Bonchev–Trinajstić information content (AvgIpc) is 2.41. The number of benzene rings is 1. The minimum Gasteiger partial charge on any atom is -0.324 e. The Bertz CT molecular complexity index is 624. The summed E-state index contributed by atoms with van der Waals surface area (Å²) in [5, 5.41) is 2.62. The van der Waals surface area contributed by atoms with Gasteiger partial charge in [-0.15, -0.1) is 0 Å².